The van der Waals surface area contributed by atoms with Crippen molar-refractivity contribution >= 4 is 17.6 Å². The van der Waals surface area contributed by atoms with Crippen molar-refractivity contribution in [1.82, 2.24) is 15.1 Å². The predicted octanol–water partition coefficient (Wildman–Crippen LogP) is 2.41. The van der Waals surface area contributed by atoms with Crippen LogP contribution in [0.5, 0.6) is 0 Å². The van der Waals surface area contributed by atoms with Gasteiger partial charge in [0.1, 0.15) is 23.9 Å². The molecule has 4 aliphatic rings. The Labute approximate surface area is 197 Å². The lowest BCUT2D eigenvalue weighted by atomic mass is 9.95. The zero-order valence-corrected chi connectivity index (χ0v) is 20.0. The number of carbonyl (C=O) groups excluding carboxylic acids is 1. The molecule has 2 saturated heterocycles. The summed E-state index contributed by atoms with van der Waals surface area (Å²) in [6.45, 7) is 6.65. The molecule has 0 aromatic carbocycles. The van der Waals surface area contributed by atoms with Crippen LogP contribution in [0.2, 0.25) is 0 Å². The van der Waals surface area contributed by atoms with Crippen LogP contribution in [0.4, 0.5) is 0 Å². The van der Waals surface area contributed by atoms with Crippen LogP contribution < -0.4 is 11.1 Å². The molecule has 3 fully saturated rings. The van der Waals surface area contributed by atoms with Gasteiger partial charge in [0.15, 0.2) is 0 Å². The van der Waals surface area contributed by atoms with Gasteiger partial charge in [-0.1, -0.05) is 31.1 Å². The van der Waals surface area contributed by atoms with Gasteiger partial charge in [0.25, 0.3) is 0 Å². The number of nitrogens with two attached hydrogens (primary N) is 1. The highest BCUT2D eigenvalue weighted by Crippen LogP contribution is 2.24. The Morgan fingerprint density at radius 2 is 2.03 bits per heavy atom. The van der Waals surface area contributed by atoms with Crippen molar-refractivity contribution in [3.05, 3.63) is 23.8 Å². The van der Waals surface area contributed by atoms with E-state index < -0.39 is 6.04 Å². The van der Waals surface area contributed by atoms with Gasteiger partial charge < -0.3 is 20.7 Å². The van der Waals surface area contributed by atoms with E-state index in [1.807, 2.05) is 6.92 Å². The van der Waals surface area contributed by atoms with Crippen molar-refractivity contribution < 1.29 is 9.53 Å². The van der Waals surface area contributed by atoms with Gasteiger partial charge in [0, 0.05) is 26.1 Å². The van der Waals surface area contributed by atoms with Crippen LogP contribution in [0.1, 0.15) is 58.3 Å². The monoisotopic (exact) mass is 456 g/mol. The second kappa shape index (κ2) is 11.3. The van der Waals surface area contributed by atoms with Crippen molar-refractivity contribution in [1.29, 1.82) is 5.41 Å². The van der Waals surface area contributed by atoms with E-state index in [-0.39, 0.29) is 24.1 Å². The molecule has 0 bridgehead atoms. The molecule has 4 N–H and O–H groups in total. The molecule has 33 heavy (non-hydrogen) atoms. The lowest BCUT2D eigenvalue weighted by Gasteiger charge is -2.32. The lowest BCUT2D eigenvalue weighted by molar-refractivity contribution is -0.120. The van der Waals surface area contributed by atoms with E-state index in [1.54, 1.807) is 0 Å². The van der Waals surface area contributed by atoms with E-state index in [0.29, 0.717) is 24.7 Å². The second-order valence-electron chi connectivity index (χ2n) is 9.90. The number of hydrogen-bond acceptors (Lipinski definition) is 5. The zero-order chi connectivity index (χ0) is 23.2. The number of nitrogens with one attached hydrogen (secondary N) is 2. The number of hydrogen-bond donors (Lipinski definition) is 3. The Balaban J connectivity index is 1.50. The molecule has 4 rings (SSSR count). The highest BCUT2D eigenvalue weighted by Gasteiger charge is 2.32. The van der Waals surface area contributed by atoms with Crippen LogP contribution in [0.3, 0.4) is 0 Å². The average Bonchev–Trinajstić information content (AvgIpc) is 3.45. The minimum absolute atomic E-state index is 0.0872. The summed E-state index contributed by atoms with van der Waals surface area (Å²) >= 11 is 0. The molecular formula is C25H40N6O2. The van der Waals surface area contributed by atoms with Gasteiger partial charge in [0.2, 0.25) is 5.91 Å². The molecule has 0 aromatic rings. The summed E-state index contributed by atoms with van der Waals surface area (Å²) in [6, 6.07) is -0.707. The van der Waals surface area contributed by atoms with E-state index in [1.165, 1.54) is 44.3 Å². The summed E-state index contributed by atoms with van der Waals surface area (Å²) in [4.78, 5) is 22.0. The van der Waals surface area contributed by atoms with Gasteiger partial charge in [-0.15, -0.1) is 0 Å². The van der Waals surface area contributed by atoms with E-state index in [2.05, 4.69) is 33.3 Å². The van der Waals surface area contributed by atoms with Crippen molar-refractivity contribution in [3.63, 3.8) is 0 Å². The Kier molecular flexibility index (Phi) is 8.20. The largest absolute Gasteiger partial charge is 0.386 e. The molecule has 1 amide bonds. The Hall–Kier alpha value is -2.19. The van der Waals surface area contributed by atoms with Crippen LogP contribution >= 0.6 is 0 Å². The molecule has 8 nitrogen and oxygen atoms in total. The number of amides is 1. The maximum atomic E-state index is 12.4. The molecule has 3 atom stereocenters. The number of allylic oxidation sites excluding steroid dienone is 1. The van der Waals surface area contributed by atoms with Gasteiger partial charge >= 0.3 is 0 Å². The minimum atomic E-state index is -0.707. The fraction of sp³-hybridized carbons (Fsp3) is 0.720. The first kappa shape index (κ1) is 24.0. The molecule has 3 unspecified atom stereocenters. The third-order valence-electron chi connectivity index (χ3n) is 7.09. The Morgan fingerprint density at radius 1 is 1.27 bits per heavy atom. The number of likely N-dealkylation sites (tertiary alicyclic amines) is 1. The fourth-order valence-electron chi connectivity index (χ4n) is 5.44. The number of rotatable bonds is 8. The summed E-state index contributed by atoms with van der Waals surface area (Å²) in [7, 11) is 0. The SMILES string of the molecule is CC(N=C1C(C(=N)N)NC(=O)CCN1CC1C=C(CN2CCCC2)C=CC1)OC1CCCC1. The van der Waals surface area contributed by atoms with E-state index >= 15 is 0 Å². The van der Waals surface area contributed by atoms with Crippen LogP contribution in [-0.2, 0) is 9.53 Å². The van der Waals surface area contributed by atoms with Crippen molar-refractivity contribution in [3.8, 4) is 0 Å². The van der Waals surface area contributed by atoms with E-state index in [0.717, 1.165) is 32.4 Å². The number of aliphatic imine (C=N–C) groups is 1. The quantitative estimate of drug-likeness (QED) is 0.384. The number of nitrogens with zero attached hydrogens (tertiary/aromatic N) is 3. The first-order chi connectivity index (χ1) is 16.0. The normalized spacial score (nSPS) is 29.2. The fourth-order valence-corrected chi connectivity index (χ4v) is 5.44. The van der Waals surface area contributed by atoms with Crippen LogP contribution in [0.15, 0.2) is 28.8 Å². The first-order valence-corrected chi connectivity index (χ1v) is 12.7. The van der Waals surface area contributed by atoms with Gasteiger partial charge in [-0.3, -0.25) is 15.1 Å². The zero-order valence-electron chi connectivity index (χ0n) is 20.0. The van der Waals surface area contributed by atoms with Crippen molar-refractivity contribution in [2.24, 2.45) is 16.6 Å². The Bertz CT molecular complexity index is 795. The van der Waals surface area contributed by atoms with Gasteiger partial charge in [-0.25, -0.2) is 4.99 Å². The smallest absolute Gasteiger partial charge is 0.222 e. The molecule has 2 aliphatic carbocycles. The molecule has 8 heteroatoms. The minimum Gasteiger partial charge on any atom is -0.386 e. The van der Waals surface area contributed by atoms with Crippen LogP contribution in [0.25, 0.3) is 0 Å². The number of carbonyl (C=O) groups is 1. The van der Waals surface area contributed by atoms with Crippen molar-refractivity contribution in [2.75, 3.05) is 32.7 Å². The lowest BCUT2D eigenvalue weighted by Crippen LogP contribution is -2.53. The first-order valence-electron chi connectivity index (χ1n) is 12.7. The summed E-state index contributed by atoms with van der Waals surface area (Å²) in [5.74, 6) is 0.812. The number of ether oxygens (including phenoxy) is 1. The molecule has 0 aromatic heterocycles. The van der Waals surface area contributed by atoms with Gasteiger partial charge in [0.05, 0.1) is 6.10 Å². The third-order valence-corrected chi connectivity index (χ3v) is 7.09. The van der Waals surface area contributed by atoms with Crippen molar-refractivity contribution in [2.45, 2.75) is 76.7 Å². The van der Waals surface area contributed by atoms with E-state index in [9.17, 15) is 4.79 Å². The summed E-state index contributed by atoms with van der Waals surface area (Å²) < 4.78 is 6.17. The Morgan fingerprint density at radius 3 is 2.76 bits per heavy atom. The molecule has 0 spiro atoms. The number of amidine groups is 2. The highest BCUT2D eigenvalue weighted by molar-refractivity contribution is 6.10. The summed E-state index contributed by atoms with van der Waals surface area (Å²) in [5, 5.41) is 11.0. The molecular weight excluding hydrogens is 416 g/mol. The maximum Gasteiger partial charge on any atom is 0.222 e. The predicted molar refractivity (Wildman–Crippen MR) is 131 cm³/mol. The highest BCUT2D eigenvalue weighted by atomic mass is 16.5. The molecule has 182 valence electrons. The third kappa shape index (κ3) is 6.67. The van der Waals surface area contributed by atoms with E-state index in [4.69, 9.17) is 20.9 Å². The summed E-state index contributed by atoms with van der Waals surface area (Å²) in [6.07, 6.45) is 15.3. The van der Waals surface area contributed by atoms with Crippen LogP contribution in [-0.4, -0.2) is 78.5 Å². The molecule has 2 aliphatic heterocycles. The second-order valence-corrected chi connectivity index (χ2v) is 9.90. The molecule has 0 radical (unpaired) electrons. The molecule has 2 heterocycles. The summed E-state index contributed by atoms with van der Waals surface area (Å²) in [5.41, 5.74) is 7.30. The van der Waals surface area contributed by atoms with Crippen LogP contribution in [0, 0.1) is 11.3 Å². The standard InChI is InChI=1S/C25H40N6O2/c1-18(33-21-9-2-3-10-21)28-25-23(24(26)27)29-22(32)11-14-31(25)17-20-8-6-7-19(15-20)16-30-12-4-5-13-30/h6-7,15,18,20-21,23H,2-5,8-14,16-17H2,1H3,(H3,26,27)(H,29,32). The van der Waals surface area contributed by atoms with Gasteiger partial charge in [-0.2, -0.15) is 0 Å². The average molecular weight is 457 g/mol. The van der Waals surface area contributed by atoms with Gasteiger partial charge in [-0.05, 0) is 63.6 Å². The maximum absolute atomic E-state index is 12.4. The molecule has 1 saturated carbocycles. The topological polar surface area (TPSA) is 107 Å².